The molecule has 2 bridgehead atoms. The molecule has 0 N–H and O–H groups in total. The molecule has 0 radical (unpaired) electrons. The third kappa shape index (κ3) is 1.15. The number of hydrogen-bond donors (Lipinski definition) is 0. The number of carbonyl (C=O) groups excluding carboxylic acids is 2. The molecule has 0 spiro atoms. The molecule has 2 aliphatic rings. The van der Waals surface area contributed by atoms with Gasteiger partial charge in [-0.3, -0.25) is 9.59 Å². The van der Waals surface area contributed by atoms with E-state index >= 15 is 0 Å². The van der Waals surface area contributed by atoms with Crippen LogP contribution in [0.1, 0.15) is 13.8 Å². The highest BCUT2D eigenvalue weighted by Gasteiger charge is 2.50. The Morgan fingerprint density at radius 1 is 1.00 bits per heavy atom. The molecule has 13 heavy (non-hydrogen) atoms. The van der Waals surface area contributed by atoms with Crippen LogP contribution >= 0.6 is 0 Å². The molecule has 2 aliphatic heterocycles. The first-order chi connectivity index (χ1) is 6.11. The molecule has 2 rings (SSSR count). The molecule has 4 atom stereocenters. The summed E-state index contributed by atoms with van der Waals surface area (Å²) in [6.07, 6.45) is 3.46. The fraction of sp³-hybridized carbons (Fsp3) is 0.600. The van der Waals surface area contributed by atoms with Gasteiger partial charge in [-0.15, -0.1) is 0 Å². The van der Waals surface area contributed by atoms with Gasteiger partial charge in [0.05, 0.1) is 24.0 Å². The number of carbonyl (C=O) groups is 2. The lowest BCUT2D eigenvalue weighted by Crippen LogP contribution is -2.34. The monoisotopic (exact) mass is 180 g/mol. The largest absolute Gasteiger partial charge is 0.365 e. The van der Waals surface area contributed by atoms with Gasteiger partial charge in [-0.05, 0) is 13.8 Å². The fourth-order valence-electron chi connectivity index (χ4n) is 2.28. The highest BCUT2D eigenvalue weighted by atomic mass is 16.5. The van der Waals surface area contributed by atoms with Crippen molar-refractivity contribution in [3.8, 4) is 0 Å². The molecule has 0 amide bonds. The van der Waals surface area contributed by atoms with E-state index in [1.54, 1.807) is 0 Å². The standard InChI is InChI=1S/C10H12O3/c1-5(11)9-7-3-4-8(13-7)10(9)6(2)12/h3-4,7-10H,1-2H3/t7-,8+,9+,10-. The number of ketones is 2. The van der Waals surface area contributed by atoms with Crippen molar-refractivity contribution in [2.45, 2.75) is 26.1 Å². The topological polar surface area (TPSA) is 43.4 Å². The van der Waals surface area contributed by atoms with Crippen molar-refractivity contribution in [1.82, 2.24) is 0 Å². The third-order valence-electron chi connectivity index (χ3n) is 2.84. The average molecular weight is 180 g/mol. The smallest absolute Gasteiger partial charge is 0.136 e. The lowest BCUT2D eigenvalue weighted by atomic mass is 9.79. The highest BCUT2D eigenvalue weighted by Crippen LogP contribution is 2.39. The molecule has 1 saturated heterocycles. The molecule has 2 heterocycles. The van der Waals surface area contributed by atoms with E-state index in [-0.39, 0.29) is 35.6 Å². The summed E-state index contributed by atoms with van der Waals surface area (Å²) < 4.78 is 5.47. The van der Waals surface area contributed by atoms with E-state index in [9.17, 15) is 9.59 Å². The number of fused-ring (bicyclic) bond motifs is 2. The van der Waals surface area contributed by atoms with Crippen LogP contribution in [0.25, 0.3) is 0 Å². The van der Waals surface area contributed by atoms with Gasteiger partial charge in [0.2, 0.25) is 0 Å². The average Bonchev–Trinajstić information content (AvgIpc) is 2.60. The van der Waals surface area contributed by atoms with E-state index in [1.807, 2.05) is 12.2 Å². The number of ether oxygens (including phenoxy) is 1. The summed E-state index contributed by atoms with van der Waals surface area (Å²) in [5.41, 5.74) is 0. The van der Waals surface area contributed by atoms with E-state index in [4.69, 9.17) is 4.74 Å². The first-order valence-corrected chi connectivity index (χ1v) is 4.46. The molecule has 0 unspecified atom stereocenters. The van der Waals surface area contributed by atoms with Crippen molar-refractivity contribution in [2.24, 2.45) is 11.8 Å². The summed E-state index contributed by atoms with van der Waals surface area (Å²) >= 11 is 0. The third-order valence-corrected chi connectivity index (χ3v) is 2.84. The van der Waals surface area contributed by atoms with Crippen LogP contribution in [0.2, 0.25) is 0 Å². The minimum Gasteiger partial charge on any atom is -0.365 e. The van der Waals surface area contributed by atoms with Gasteiger partial charge in [-0.1, -0.05) is 12.2 Å². The first-order valence-electron chi connectivity index (χ1n) is 4.46. The molecule has 3 heteroatoms. The zero-order chi connectivity index (χ0) is 9.59. The Morgan fingerprint density at radius 2 is 1.38 bits per heavy atom. The Bertz CT molecular complexity index is 265. The Kier molecular flexibility index (Phi) is 1.84. The summed E-state index contributed by atoms with van der Waals surface area (Å²) in [5, 5.41) is 0. The van der Waals surface area contributed by atoms with Crippen LogP contribution in [0.15, 0.2) is 12.2 Å². The van der Waals surface area contributed by atoms with Gasteiger partial charge in [-0.2, -0.15) is 0 Å². The predicted octanol–water partition coefficient (Wildman–Crippen LogP) is 0.734. The Morgan fingerprint density at radius 3 is 1.69 bits per heavy atom. The maximum absolute atomic E-state index is 11.3. The van der Waals surface area contributed by atoms with Gasteiger partial charge in [0, 0.05) is 0 Å². The minimum absolute atomic E-state index is 0.0528. The summed E-state index contributed by atoms with van der Waals surface area (Å²) in [5.74, 6) is -0.380. The molecule has 3 nitrogen and oxygen atoms in total. The second-order valence-electron chi connectivity index (χ2n) is 3.72. The fourth-order valence-corrected chi connectivity index (χ4v) is 2.28. The second-order valence-corrected chi connectivity index (χ2v) is 3.72. The van der Waals surface area contributed by atoms with E-state index in [1.165, 1.54) is 13.8 Å². The van der Waals surface area contributed by atoms with Gasteiger partial charge >= 0.3 is 0 Å². The molecule has 1 fully saturated rings. The van der Waals surface area contributed by atoms with E-state index in [0.29, 0.717) is 0 Å². The van der Waals surface area contributed by atoms with Crippen LogP contribution in [0.5, 0.6) is 0 Å². The van der Waals surface area contributed by atoms with Crippen LogP contribution in [0.3, 0.4) is 0 Å². The quantitative estimate of drug-likeness (QED) is 0.588. The number of Topliss-reactive ketones (excluding diaryl/α,β-unsaturated/α-hetero) is 2. The molecule has 0 aromatic rings. The van der Waals surface area contributed by atoms with Crippen molar-refractivity contribution < 1.29 is 14.3 Å². The lowest BCUT2D eigenvalue weighted by Gasteiger charge is -2.19. The van der Waals surface area contributed by atoms with Gasteiger partial charge in [0.15, 0.2) is 0 Å². The zero-order valence-corrected chi connectivity index (χ0v) is 7.69. The van der Waals surface area contributed by atoms with Crippen molar-refractivity contribution in [2.75, 3.05) is 0 Å². The molecular formula is C10H12O3. The normalized spacial score (nSPS) is 41.1. The highest BCUT2D eigenvalue weighted by molar-refractivity contribution is 5.89. The number of hydrogen-bond acceptors (Lipinski definition) is 3. The molecule has 0 saturated carbocycles. The van der Waals surface area contributed by atoms with E-state index < -0.39 is 0 Å². The van der Waals surface area contributed by atoms with E-state index in [2.05, 4.69) is 0 Å². The number of rotatable bonds is 2. The van der Waals surface area contributed by atoms with Crippen molar-refractivity contribution in [3.05, 3.63) is 12.2 Å². The Labute approximate surface area is 76.8 Å². The SMILES string of the molecule is CC(=O)[C@@H]1[C@H](C(C)=O)[C@@H]2C=C[C@H]1O2. The molecule has 0 aromatic carbocycles. The zero-order valence-electron chi connectivity index (χ0n) is 7.69. The predicted molar refractivity (Wildman–Crippen MR) is 46.1 cm³/mol. The molecule has 70 valence electrons. The van der Waals surface area contributed by atoms with Crippen molar-refractivity contribution >= 4 is 11.6 Å². The Hall–Kier alpha value is -0.960. The van der Waals surface area contributed by atoms with Crippen molar-refractivity contribution in [1.29, 1.82) is 0 Å². The second kappa shape index (κ2) is 2.77. The summed E-state index contributed by atoms with van der Waals surface area (Å²) in [6.45, 7) is 3.05. The van der Waals surface area contributed by atoms with Gasteiger partial charge in [0.1, 0.15) is 11.6 Å². The molecular weight excluding hydrogens is 168 g/mol. The van der Waals surface area contributed by atoms with Crippen molar-refractivity contribution in [3.63, 3.8) is 0 Å². The Balaban J connectivity index is 2.30. The van der Waals surface area contributed by atoms with Gasteiger partial charge in [0.25, 0.3) is 0 Å². The van der Waals surface area contributed by atoms with Crippen LogP contribution in [-0.2, 0) is 14.3 Å². The molecule has 0 aliphatic carbocycles. The summed E-state index contributed by atoms with van der Waals surface area (Å²) in [6, 6.07) is 0. The maximum atomic E-state index is 11.3. The van der Waals surface area contributed by atoms with E-state index in [0.717, 1.165) is 0 Å². The van der Waals surface area contributed by atoms with Crippen LogP contribution in [0, 0.1) is 11.8 Å². The van der Waals surface area contributed by atoms with Gasteiger partial charge in [-0.25, -0.2) is 0 Å². The minimum atomic E-state index is -0.243. The van der Waals surface area contributed by atoms with Crippen LogP contribution in [0.4, 0.5) is 0 Å². The summed E-state index contributed by atoms with van der Waals surface area (Å²) in [7, 11) is 0. The van der Waals surface area contributed by atoms with Gasteiger partial charge < -0.3 is 4.74 Å². The first kappa shape index (κ1) is 8.63. The maximum Gasteiger partial charge on any atom is 0.136 e. The summed E-state index contributed by atoms with van der Waals surface area (Å²) in [4.78, 5) is 22.6. The van der Waals surface area contributed by atoms with Crippen LogP contribution in [-0.4, -0.2) is 23.8 Å². The van der Waals surface area contributed by atoms with Crippen LogP contribution < -0.4 is 0 Å². The lowest BCUT2D eigenvalue weighted by molar-refractivity contribution is -0.129. The molecule has 0 aromatic heterocycles.